The molecule has 16 heavy (non-hydrogen) atoms. The van der Waals surface area contributed by atoms with Gasteiger partial charge in [-0.05, 0) is 18.9 Å². The van der Waals surface area contributed by atoms with Crippen LogP contribution in [0.2, 0.25) is 0 Å². The number of nitrogens with one attached hydrogen (secondary N) is 2. The van der Waals surface area contributed by atoms with Gasteiger partial charge in [-0.25, -0.2) is 4.79 Å². The lowest BCUT2D eigenvalue weighted by atomic mass is 10.0. The molecule has 0 spiro atoms. The minimum absolute atomic E-state index is 0.266. The Bertz CT molecular complexity index is 317. The highest BCUT2D eigenvalue weighted by atomic mass is 16.4. The fourth-order valence-electron chi connectivity index (χ4n) is 1.49. The third-order valence-corrected chi connectivity index (χ3v) is 2.73. The molecule has 1 heterocycles. The summed E-state index contributed by atoms with van der Waals surface area (Å²) in [5.74, 6) is -1.24. The Labute approximate surface area is 94.9 Å². The summed E-state index contributed by atoms with van der Waals surface area (Å²) in [5, 5.41) is 14.5. The topological polar surface area (TPSA) is 78.4 Å². The van der Waals surface area contributed by atoms with Crippen LogP contribution in [-0.2, 0) is 9.59 Å². The van der Waals surface area contributed by atoms with Crippen molar-refractivity contribution in [2.45, 2.75) is 32.7 Å². The first-order valence-electron chi connectivity index (χ1n) is 5.49. The summed E-state index contributed by atoms with van der Waals surface area (Å²) in [4.78, 5) is 22.6. The van der Waals surface area contributed by atoms with Gasteiger partial charge in [0.2, 0.25) is 5.91 Å². The number of carboxylic acid groups (broad SMARTS) is 1. The summed E-state index contributed by atoms with van der Waals surface area (Å²) < 4.78 is 0. The number of hydrogen-bond acceptors (Lipinski definition) is 3. The molecular weight excluding hydrogens is 208 g/mol. The summed E-state index contributed by atoms with van der Waals surface area (Å²) in [5.41, 5.74) is 1.69. The van der Waals surface area contributed by atoms with Crippen molar-refractivity contribution in [1.82, 2.24) is 10.6 Å². The third kappa shape index (κ3) is 3.06. The summed E-state index contributed by atoms with van der Waals surface area (Å²) in [6, 6.07) is -0.777. The molecule has 0 saturated carbocycles. The minimum atomic E-state index is -0.972. The largest absolute Gasteiger partial charge is 0.480 e. The first kappa shape index (κ1) is 12.7. The van der Waals surface area contributed by atoms with Gasteiger partial charge >= 0.3 is 5.97 Å². The molecule has 0 aromatic rings. The van der Waals surface area contributed by atoms with E-state index in [0.717, 1.165) is 25.1 Å². The van der Waals surface area contributed by atoms with Crippen molar-refractivity contribution in [2.24, 2.45) is 0 Å². The molecule has 3 N–H and O–H groups in total. The molecule has 0 radical (unpaired) electrons. The summed E-state index contributed by atoms with van der Waals surface area (Å²) in [6.45, 7) is 5.08. The smallest absolute Gasteiger partial charge is 0.326 e. The monoisotopic (exact) mass is 226 g/mol. The van der Waals surface area contributed by atoms with Gasteiger partial charge in [0.1, 0.15) is 6.04 Å². The highest BCUT2D eigenvalue weighted by Gasteiger charge is 2.22. The molecule has 1 aliphatic rings. The van der Waals surface area contributed by atoms with Crippen LogP contribution in [0.3, 0.4) is 0 Å². The Morgan fingerprint density at radius 1 is 1.50 bits per heavy atom. The van der Waals surface area contributed by atoms with Gasteiger partial charge in [0, 0.05) is 18.7 Å². The molecule has 0 aliphatic carbocycles. The third-order valence-electron chi connectivity index (χ3n) is 2.73. The van der Waals surface area contributed by atoms with E-state index in [2.05, 4.69) is 10.6 Å². The Balaban J connectivity index is 2.57. The number of rotatable bonds is 5. The van der Waals surface area contributed by atoms with E-state index in [1.54, 1.807) is 6.92 Å². The molecule has 0 bridgehead atoms. The van der Waals surface area contributed by atoms with Gasteiger partial charge in [0.15, 0.2) is 0 Å². The van der Waals surface area contributed by atoms with Crippen molar-refractivity contribution < 1.29 is 14.7 Å². The molecule has 1 saturated heterocycles. The van der Waals surface area contributed by atoms with Gasteiger partial charge in [-0.3, -0.25) is 4.79 Å². The number of hydrogen-bond donors (Lipinski definition) is 3. The molecule has 1 aliphatic heterocycles. The second kappa shape index (κ2) is 5.65. The highest BCUT2D eigenvalue weighted by molar-refractivity contribution is 5.96. The van der Waals surface area contributed by atoms with Crippen LogP contribution >= 0.6 is 0 Å². The van der Waals surface area contributed by atoms with Gasteiger partial charge in [0.05, 0.1) is 0 Å². The number of aliphatic carboxylic acids is 1. The maximum absolute atomic E-state index is 11.7. The summed E-state index contributed by atoms with van der Waals surface area (Å²) in [6.07, 6.45) is 1.19. The highest BCUT2D eigenvalue weighted by Crippen LogP contribution is 2.09. The molecule has 1 atom stereocenters. The maximum Gasteiger partial charge on any atom is 0.326 e. The Morgan fingerprint density at radius 2 is 2.12 bits per heavy atom. The molecule has 0 unspecified atom stereocenters. The van der Waals surface area contributed by atoms with E-state index in [1.165, 1.54) is 0 Å². The average molecular weight is 226 g/mol. The number of carbonyl (C=O) groups is 2. The van der Waals surface area contributed by atoms with Crippen molar-refractivity contribution >= 4 is 11.9 Å². The van der Waals surface area contributed by atoms with Crippen LogP contribution in [-0.4, -0.2) is 36.1 Å². The van der Waals surface area contributed by atoms with Crippen LogP contribution in [0.1, 0.15) is 26.7 Å². The van der Waals surface area contributed by atoms with Crippen LogP contribution in [0.25, 0.3) is 0 Å². The molecule has 5 nitrogen and oxygen atoms in total. The van der Waals surface area contributed by atoms with Gasteiger partial charge in [0.25, 0.3) is 0 Å². The van der Waals surface area contributed by atoms with E-state index in [9.17, 15) is 9.59 Å². The number of carbonyl (C=O) groups excluding carboxylic acids is 1. The van der Waals surface area contributed by atoms with E-state index in [0.29, 0.717) is 12.0 Å². The predicted molar refractivity (Wildman–Crippen MR) is 60.0 cm³/mol. The Hall–Kier alpha value is -1.36. The Morgan fingerprint density at radius 3 is 2.50 bits per heavy atom. The summed E-state index contributed by atoms with van der Waals surface area (Å²) in [7, 11) is 0. The summed E-state index contributed by atoms with van der Waals surface area (Å²) >= 11 is 0. The zero-order valence-electron chi connectivity index (χ0n) is 9.67. The fraction of sp³-hybridized carbons (Fsp3) is 0.636. The maximum atomic E-state index is 11.7. The van der Waals surface area contributed by atoms with Crippen LogP contribution in [0.5, 0.6) is 0 Å². The van der Waals surface area contributed by atoms with E-state index in [1.807, 2.05) is 6.92 Å². The van der Waals surface area contributed by atoms with Crippen LogP contribution in [0.4, 0.5) is 0 Å². The second-order valence-corrected chi connectivity index (χ2v) is 3.99. The van der Waals surface area contributed by atoms with Gasteiger partial charge in [-0.2, -0.15) is 0 Å². The van der Waals surface area contributed by atoms with E-state index < -0.39 is 12.0 Å². The predicted octanol–water partition coefficient (Wildman–Crippen LogP) is 0.276. The van der Waals surface area contributed by atoms with Crippen molar-refractivity contribution in [3.8, 4) is 0 Å². The van der Waals surface area contributed by atoms with Crippen molar-refractivity contribution in [2.75, 3.05) is 13.1 Å². The zero-order chi connectivity index (χ0) is 12.1. The molecule has 0 aromatic carbocycles. The van der Waals surface area contributed by atoms with Crippen LogP contribution < -0.4 is 10.6 Å². The molecule has 0 aromatic heterocycles. The minimum Gasteiger partial charge on any atom is -0.480 e. The molecule has 90 valence electrons. The van der Waals surface area contributed by atoms with E-state index >= 15 is 0 Å². The molecule has 1 rings (SSSR count). The number of amides is 1. The second-order valence-electron chi connectivity index (χ2n) is 3.99. The van der Waals surface area contributed by atoms with E-state index in [-0.39, 0.29) is 5.91 Å². The van der Waals surface area contributed by atoms with Crippen LogP contribution in [0, 0.1) is 0 Å². The SMILES string of the molecule is CCC[C@@H](NC(=O)C(C)=C1CNC1)C(=O)O. The lowest BCUT2D eigenvalue weighted by Gasteiger charge is -2.22. The van der Waals surface area contributed by atoms with Gasteiger partial charge < -0.3 is 15.7 Å². The lowest BCUT2D eigenvalue weighted by Crippen LogP contribution is -2.43. The molecule has 1 fully saturated rings. The molecule has 1 amide bonds. The van der Waals surface area contributed by atoms with Crippen LogP contribution in [0.15, 0.2) is 11.1 Å². The van der Waals surface area contributed by atoms with E-state index in [4.69, 9.17) is 5.11 Å². The quantitative estimate of drug-likeness (QED) is 0.588. The van der Waals surface area contributed by atoms with Crippen molar-refractivity contribution in [3.05, 3.63) is 11.1 Å². The zero-order valence-corrected chi connectivity index (χ0v) is 9.67. The lowest BCUT2D eigenvalue weighted by molar-refractivity contribution is -0.141. The normalized spacial score (nSPS) is 16.2. The first-order chi connectivity index (χ1) is 7.56. The Kier molecular flexibility index (Phi) is 4.49. The standard InChI is InChI=1S/C11H18N2O3/c1-3-4-9(11(15)16)13-10(14)7(2)8-5-12-6-8/h9,12H,3-6H2,1-2H3,(H,13,14)(H,15,16)/t9-/m1/s1. The fourth-order valence-corrected chi connectivity index (χ4v) is 1.49. The molecule has 5 heteroatoms. The first-order valence-corrected chi connectivity index (χ1v) is 5.49. The van der Waals surface area contributed by atoms with Gasteiger partial charge in [-0.15, -0.1) is 0 Å². The van der Waals surface area contributed by atoms with Crippen molar-refractivity contribution in [3.63, 3.8) is 0 Å². The molecular formula is C11H18N2O3. The average Bonchev–Trinajstić information content (AvgIpc) is 2.13. The van der Waals surface area contributed by atoms with Crippen molar-refractivity contribution in [1.29, 1.82) is 0 Å². The van der Waals surface area contributed by atoms with Gasteiger partial charge in [-0.1, -0.05) is 13.3 Å². The number of carboxylic acids is 1.